The monoisotopic (exact) mass is 246 g/mol. The Morgan fingerprint density at radius 2 is 2.28 bits per heavy atom. The highest BCUT2D eigenvalue weighted by Crippen LogP contribution is 2.38. The summed E-state index contributed by atoms with van der Waals surface area (Å²) in [5, 5.41) is 0. The van der Waals surface area contributed by atoms with Crippen molar-refractivity contribution >= 4 is 11.8 Å². The van der Waals surface area contributed by atoms with Gasteiger partial charge < -0.3 is 4.74 Å². The largest absolute Gasteiger partial charge is 0.458 e. The number of ether oxygens (including phenoxy) is 1. The first-order chi connectivity index (χ1) is 8.49. The van der Waals surface area contributed by atoms with Gasteiger partial charge in [-0.2, -0.15) is 0 Å². The molecule has 18 heavy (non-hydrogen) atoms. The Labute approximate surface area is 107 Å². The zero-order valence-corrected chi connectivity index (χ0v) is 10.8. The molecule has 1 aliphatic heterocycles. The number of carbonyl (C=O) groups is 2. The Kier molecular flexibility index (Phi) is 3.50. The van der Waals surface area contributed by atoms with Crippen LogP contribution in [0.4, 0.5) is 0 Å². The number of hydrogen-bond donors (Lipinski definition) is 0. The molecule has 0 amide bonds. The SMILES string of the molecule is C=C1C(=O)O[C@@H]2C[C@H](C)C(/C=C\C(C)=O)=CC[C@H]12. The van der Waals surface area contributed by atoms with E-state index in [1.54, 1.807) is 6.08 Å². The molecule has 3 heteroatoms. The van der Waals surface area contributed by atoms with Crippen molar-refractivity contribution in [3.8, 4) is 0 Å². The van der Waals surface area contributed by atoms with Crippen molar-refractivity contribution in [1.82, 2.24) is 0 Å². The average Bonchev–Trinajstić information content (AvgIpc) is 2.46. The fourth-order valence-electron chi connectivity index (χ4n) is 2.57. The lowest BCUT2D eigenvalue weighted by molar-refractivity contribution is -0.139. The van der Waals surface area contributed by atoms with E-state index in [-0.39, 0.29) is 29.7 Å². The van der Waals surface area contributed by atoms with Gasteiger partial charge in [-0.15, -0.1) is 0 Å². The van der Waals surface area contributed by atoms with Gasteiger partial charge in [0.1, 0.15) is 6.10 Å². The quantitative estimate of drug-likeness (QED) is 0.555. The third kappa shape index (κ3) is 2.45. The molecule has 0 aromatic carbocycles. The van der Waals surface area contributed by atoms with Crippen LogP contribution in [0.5, 0.6) is 0 Å². The molecule has 96 valence electrons. The van der Waals surface area contributed by atoms with E-state index in [0.717, 1.165) is 18.4 Å². The van der Waals surface area contributed by atoms with Crippen molar-refractivity contribution in [2.45, 2.75) is 32.8 Å². The molecular formula is C15H18O3. The number of allylic oxidation sites excluding steroid dienone is 4. The van der Waals surface area contributed by atoms with Crippen LogP contribution in [0.15, 0.2) is 36.0 Å². The molecule has 1 aliphatic carbocycles. The Balaban J connectivity index is 2.18. The lowest BCUT2D eigenvalue weighted by atomic mass is 9.91. The Bertz CT molecular complexity index is 456. The van der Waals surface area contributed by atoms with E-state index in [2.05, 4.69) is 19.6 Å². The molecule has 3 nitrogen and oxygen atoms in total. The second kappa shape index (κ2) is 4.92. The molecule has 2 rings (SSSR count). The summed E-state index contributed by atoms with van der Waals surface area (Å²) in [7, 11) is 0. The van der Waals surface area contributed by atoms with Crippen molar-refractivity contribution in [3.05, 3.63) is 36.0 Å². The highest BCUT2D eigenvalue weighted by Gasteiger charge is 2.40. The van der Waals surface area contributed by atoms with Gasteiger partial charge in [0.15, 0.2) is 5.78 Å². The van der Waals surface area contributed by atoms with Gasteiger partial charge in [0.25, 0.3) is 0 Å². The zero-order chi connectivity index (χ0) is 13.3. The third-order valence-electron chi connectivity index (χ3n) is 3.69. The maximum Gasteiger partial charge on any atom is 0.334 e. The van der Waals surface area contributed by atoms with Crippen molar-refractivity contribution in [1.29, 1.82) is 0 Å². The summed E-state index contributed by atoms with van der Waals surface area (Å²) in [4.78, 5) is 22.4. The minimum atomic E-state index is -0.256. The maximum atomic E-state index is 11.5. The van der Waals surface area contributed by atoms with E-state index < -0.39 is 0 Å². The normalized spacial score (nSPS) is 31.9. The van der Waals surface area contributed by atoms with E-state index in [1.807, 2.05) is 6.08 Å². The summed E-state index contributed by atoms with van der Waals surface area (Å²) in [6.07, 6.45) is 7.06. The van der Waals surface area contributed by atoms with E-state index in [4.69, 9.17) is 4.74 Å². The molecule has 0 aromatic rings. The fourth-order valence-corrected chi connectivity index (χ4v) is 2.57. The van der Waals surface area contributed by atoms with Crippen LogP contribution in [-0.2, 0) is 14.3 Å². The van der Waals surface area contributed by atoms with Crippen LogP contribution in [-0.4, -0.2) is 17.9 Å². The minimum absolute atomic E-state index is 0.0448. The molecule has 0 bridgehead atoms. The van der Waals surface area contributed by atoms with Gasteiger partial charge in [0, 0.05) is 11.5 Å². The minimum Gasteiger partial charge on any atom is -0.458 e. The van der Waals surface area contributed by atoms with E-state index >= 15 is 0 Å². The summed E-state index contributed by atoms with van der Waals surface area (Å²) in [5.41, 5.74) is 1.73. The van der Waals surface area contributed by atoms with Crippen LogP contribution in [0.3, 0.4) is 0 Å². The third-order valence-corrected chi connectivity index (χ3v) is 3.69. The highest BCUT2D eigenvalue weighted by molar-refractivity contribution is 5.91. The lowest BCUT2D eigenvalue weighted by Gasteiger charge is -2.16. The van der Waals surface area contributed by atoms with Gasteiger partial charge in [-0.1, -0.05) is 25.7 Å². The first kappa shape index (κ1) is 12.8. The van der Waals surface area contributed by atoms with Crippen LogP contribution in [0.25, 0.3) is 0 Å². The molecule has 0 radical (unpaired) electrons. The zero-order valence-electron chi connectivity index (χ0n) is 10.8. The van der Waals surface area contributed by atoms with Crippen molar-refractivity contribution in [3.63, 3.8) is 0 Å². The smallest absolute Gasteiger partial charge is 0.334 e. The van der Waals surface area contributed by atoms with Crippen LogP contribution in [0.1, 0.15) is 26.7 Å². The number of rotatable bonds is 2. The fraction of sp³-hybridized carbons (Fsp3) is 0.467. The molecule has 0 spiro atoms. The summed E-state index contributed by atoms with van der Waals surface area (Å²) in [6, 6.07) is 0. The number of ketones is 1. The molecule has 2 aliphatic rings. The molecule has 0 aromatic heterocycles. The van der Waals surface area contributed by atoms with Gasteiger partial charge in [0.05, 0.1) is 0 Å². The second-order valence-corrected chi connectivity index (χ2v) is 5.10. The Morgan fingerprint density at radius 1 is 1.56 bits per heavy atom. The summed E-state index contributed by atoms with van der Waals surface area (Å²) in [5.74, 6) is 0.175. The maximum absolute atomic E-state index is 11.5. The van der Waals surface area contributed by atoms with Crippen LogP contribution < -0.4 is 0 Å². The predicted octanol–water partition coefficient (Wildman–Crippen LogP) is 2.59. The van der Waals surface area contributed by atoms with Gasteiger partial charge in [0.2, 0.25) is 0 Å². The molecule has 3 atom stereocenters. The number of hydrogen-bond acceptors (Lipinski definition) is 3. The molecule has 1 heterocycles. The molecule has 0 N–H and O–H groups in total. The van der Waals surface area contributed by atoms with Crippen molar-refractivity contribution in [2.24, 2.45) is 11.8 Å². The summed E-state index contributed by atoms with van der Waals surface area (Å²) >= 11 is 0. The topological polar surface area (TPSA) is 43.4 Å². The molecular weight excluding hydrogens is 228 g/mol. The molecule has 0 saturated carbocycles. The average molecular weight is 246 g/mol. The van der Waals surface area contributed by atoms with Gasteiger partial charge in [-0.05, 0) is 37.3 Å². The highest BCUT2D eigenvalue weighted by atomic mass is 16.6. The first-order valence-corrected chi connectivity index (χ1v) is 6.27. The van der Waals surface area contributed by atoms with E-state index in [1.165, 1.54) is 6.92 Å². The van der Waals surface area contributed by atoms with Crippen LogP contribution in [0, 0.1) is 11.8 Å². The lowest BCUT2D eigenvalue weighted by Crippen LogP contribution is -2.17. The molecule has 1 fully saturated rings. The van der Waals surface area contributed by atoms with E-state index in [0.29, 0.717) is 5.57 Å². The number of esters is 1. The first-order valence-electron chi connectivity index (χ1n) is 6.27. The van der Waals surface area contributed by atoms with Gasteiger partial charge in [-0.3, -0.25) is 4.79 Å². The second-order valence-electron chi connectivity index (χ2n) is 5.10. The molecule has 1 saturated heterocycles. The van der Waals surface area contributed by atoms with Crippen LogP contribution >= 0.6 is 0 Å². The van der Waals surface area contributed by atoms with Crippen molar-refractivity contribution in [2.75, 3.05) is 0 Å². The number of fused-ring (bicyclic) bond motifs is 1. The Morgan fingerprint density at radius 3 is 2.94 bits per heavy atom. The summed E-state index contributed by atoms with van der Waals surface area (Å²) < 4.78 is 5.34. The van der Waals surface area contributed by atoms with Crippen LogP contribution in [0.2, 0.25) is 0 Å². The number of carbonyl (C=O) groups excluding carboxylic acids is 2. The van der Waals surface area contributed by atoms with Crippen molar-refractivity contribution < 1.29 is 14.3 Å². The molecule has 0 unspecified atom stereocenters. The van der Waals surface area contributed by atoms with Gasteiger partial charge >= 0.3 is 5.97 Å². The Hall–Kier alpha value is -1.64. The van der Waals surface area contributed by atoms with Gasteiger partial charge in [-0.25, -0.2) is 4.79 Å². The van der Waals surface area contributed by atoms with E-state index in [9.17, 15) is 9.59 Å². The predicted molar refractivity (Wildman–Crippen MR) is 68.8 cm³/mol. The summed E-state index contributed by atoms with van der Waals surface area (Å²) in [6.45, 7) is 7.44. The standard InChI is InChI=1S/C15H18O3/c1-9-8-14-13(11(3)15(17)18-14)7-6-12(9)5-4-10(2)16/h4-6,9,13-14H,3,7-8H2,1-2H3/b5-4-/t9-,13+,14+/m0/s1.